The average molecular weight is 197 g/mol. The zero-order chi connectivity index (χ0) is 10.8. The van der Waals surface area contributed by atoms with Crippen molar-refractivity contribution >= 4 is 0 Å². The predicted molar refractivity (Wildman–Crippen MR) is 63.2 cm³/mol. The maximum atomic E-state index is 6.17. The van der Waals surface area contributed by atoms with E-state index >= 15 is 0 Å². The molecule has 1 rings (SSSR count). The molecule has 2 N–H and O–H groups in total. The van der Waals surface area contributed by atoms with Gasteiger partial charge in [-0.05, 0) is 42.9 Å². The molecule has 1 nitrogen and oxygen atoms in total. The van der Waals surface area contributed by atoms with Crippen molar-refractivity contribution in [2.24, 2.45) is 23.0 Å². The molecule has 0 aromatic rings. The van der Waals surface area contributed by atoms with Gasteiger partial charge in [0.25, 0.3) is 0 Å². The lowest BCUT2D eigenvalue weighted by molar-refractivity contribution is 0.122. The van der Waals surface area contributed by atoms with Crippen molar-refractivity contribution in [2.45, 2.75) is 65.8 Å². The molecule has 0 amide bonds. The van der Waals surface area contributed by atoms with Gasteiger partial charge in [0.15, 0.2) is 0 Å². The van der Waals surface area contributed by atoms with Crippen molar-refractivity contribution in [3.63, 3.8) is 0 Å². The van der Waals surface area contributed by atoms with E-state index in [0.717, 1.165) is 11.8 Å². The molecular weight excluding hydrogens is 170 g/mol. The molecule has 0 aromatic carbocycles. The fourth-order valence-corrected chi connectivity index (χ4v) is 2.78. The van der Waals surface area contributed by atoms with Gasteiger partial charge in [-0.3, -0.25) is 0 Å². The second-order valence-electron chi connectivity index (χ2n) is 6.09. The lowest BCUT2D eigenvalue weighted by atomic mass is 9.67. The minimum absolute atomic E-state index is 0.478. The first kappa shape index (κ1) is 12.0. The Bertz CT molecular complexity index is 169. The molecule has 0 heterocycles. The maximum Gasteiger partial charge on any atom is 0.00673 e. The van der Waals surface area contributed by atoms with Gasteiger partial charge < -0.3 is 5.73 Å². The van der Waals surface area contributed by atoms with Crippen molar-refractivity contribution in [1.29, 1.82) is 0 Å². The van der Waals surface area contributed by atoms with Gasteiger partial charge in [-0.25, -0.2) is 0 Å². The quantitative estimate of drug-likeness (QED) is 0.719. The highest BCUT2D eigenvalue weighted by atomic mass is 14.7. The zero-order valence-electron chi connectivity index (χ0n) is 10.3. The van der Waals surface area contributed by atoms with E-state index in [1.54, 1.807) is 0 Å². The molecule has 3 atom stereocenters. The minimum Gasteiger partial charge on any atom is -0.327 e. The first-order chi connectivity index (χ1) is 6.45. The van der Waals surface area contributed by atoms with E-state index in [-0.39, 0.29) is 0 Å². The lowest BCUT2D eigenvalue weighted by Gasteiger charge is -2.40. The second-order valence-corrected chi connectivity index (χ2v) is 6.09. The van der Waals surface area contributed by atoms with Crippen LogP contribution in [0.5, 0.6) is 0 Å². The molecule has 0 radical (unpaired) electrons. The summed E-state index contributed by atoms with van der Waals surface area (Å²) in [5, 5.41) is 0. The molecule has 1 heteroatoms. The maximum absolute atomic E-state index is 6.17. The SMILES string of the molecule is CCCC1CC(C(C)(C)C)CCC1N. The lowest BCUT2D eigenvalue weighted by Crippen LogP contribution is -2.39. The van der Waals surface area contributed by atoms with Gasteiger partial charge in [0, 0.05) is 6.04 Å². The third-order valence-electron chi connectivity index (χ3n) is 3.93. The molecule has 0 aromatic heterocycles. The second kappa shape index (κ2) is 4.65. The topological polar surface area (TPSA) is 26.0 Å². The van der Waals surface area contributed by atoms with Crippen LogP contribution in [-0.2, 0) is 0 Å². The molecule has 0 aliphatic heterocycles. The van der Waals surface area contributed by atoms with E-state index < -0.39 is 0 Å². The van der Waals surface area contributed by atoms with Crippen LogP contribution in [0.2, 0.25) is 0 Å². The van der Waals surface area contributed by atoms with E-state index in [9.17, 15) is 0 Å². The third kappa shape index (κ3) is 2.98. The Labute approximate surface area is 89.5 Å². The summed E-state index contributed by atoms with van der Waals surface area (Å²) in [5.74, 6) is 1.68. The smallest absolute Gasteiger partial charge is 0.00673 e. The number of hydrogen-bond donors (Lipinski definition) is 1. The van der Waals surface area contributed by atoms with Crippen LogP contribution < -0.4 is 5.73 Å². The monoisotopic (exact) mass is 197 g/mol. The number of rotatable bonds is 2. The first-order valence-electron chi connectivity index (χ1n) is 6.20. The summed E-state index contributed by atoms with van der Waals surface area (Å²) in [6, 6.07) is 0.480. The fourth-order valence-electron chi connectivity index (χ4n) is 2.78. The van der Waals surface area contributed by atoms with Gasteiger partial charge in [-0.1, -0.05) is 34.1 Å². The fraction of sp³-hybridized carbons (Fsp3) is 1.00. The molecule has 3 unspecified atom stereocenters. The van der Waals surface area contributed by atoms with Crippen molar-refractivity contribution in [3.8, 4) is 0 Å². The molecule has 84 valence electrons. The van der Waals surface area contributed by atoms with Crippen LogP contribution in [-0.4, -0.2) is 6.04 Å². The van der Waals surface area contributed by atoms with E-state index in [0.29, 0.717) is 11.5 Å². The van der Waals surface area contributed by atoms with Gasteiger partial charge in [-0.15, -0.1) is 0 Å². The highest BCUT2D eigenvalue weighted by Crippen LogP contribution is 2.41. The van der Waals surface area contributed by atoms with Crippen molar-refractivity contribution in [3.05, 3.63) is 0 Å². The summed E-state index contributed by atoms with van der Waals surface area (Å²) in [6.07, 6.45) is 6.55. The molecule has 1 aliphatic rings. The van der Waals surface area contributed by atoms with E-state index in [4.69, 9.17) is 5.73 Å². The van der Waals surface area contributed by atoms with Gasteiger partial charge in [-0.2, -0.15) is 0 Å². The standard InChI is InChI=1S/C13H27N/c1-5-6-10-9-11(13(2,3)4)7-8-12(10)14/h10-12H,5-9,14H2,1-4H3. The normalized spacial score (nSPS) is 34.5. The van der Waals surface area contributed by atoms with Crippen LogP contribution in [0.3, 0.4) is 0 Å². The Kier molecular flexibility index (Phi) is 4.00. The number of nitrogens with two attached hydrogens (primary N) is 1. The Morgan fingerprint density at radius 2 is 1.86 bits per heavy atom. The molecule has 1 fully saturated rings. The molecule has 14 heavy (non-hydrogen) atoms. The van der Waals surface area contributed by atoms with E-state index in [1.807, 2.05) is 0 Å². The van der Waals surface area contributed by atoms with Crippen LogP contribution in [0.25, 0.3) is 0 Å². The summed E-state index contributed by atoms with van der Waals surface area (Å²) in [5.41, 5.74) is 6.65. The summed E-state index contributed by atoms with van der Waals surface area (Å²) in [4.78, 5) is 0. The van der Waals surface area contributed by atoms with Gasteiger partial charge >= 0.3 is 0 Å². The van der Waals surface area contributed by atoms with Crippen LogP contribution in [0.1, 0.15) is 59.8 Å². The molecule has 0 bridgehead atoms. The van der Waals surface area contributed by atoms with Crippen molar-refractivity contribution in [1.82, 2.24) is 0 Å². The minimum atomic E-state index is 0.478. The summed E-state index contributed by atoms with van der Waals surface area (Å²) >= 11 is 0. The Balaban J connectivity index is 2.53. The predicted octanol–water partition coefficient (Wildman–Crippen LogP) is 3.58. The van der Waals surface area contributed by atoms with Crippen LogP contribution in [0.15, 0.2) is 0 Å². The third-order valence-corrected chi connectivity index (χ3v) is 3.93. The summed E-state index contributed by atoms with van der Waals surface area (Å²) in [7, 11) is 0. The Morgan fingerprint density at radius 3 is 2.36 bits per heavy atom. The highest BCUT2D eigenvalue weighted by molar-refractivity contribution is 4.87. The van der Waals surface area contributed by atoms with Gasteiger partial charge in [0.2, 0.25) is 0 Å². The van der Waals surface area contributed by atoms with Crippen molar-refractivity contribution < 1.29 is 0 Å². The number of hydrogen-bond acceptors (Lipinski definition) is 1. The van der Waals surface area contributed by atoms with Crippen LogP contribution in [0, 0.1) is 17.3 Å². The molecule has 1 saturated carbocycles. The largest absolute Gasteiger partial charge is 0.327 e. The highest BCUT2D eigenvalue weighted by Gasteiger charge is 2.33. The molecule has 0 spiro atoms. The summed E-state index contributed by atoms with van der Waals surface area (Å²) in [6.45, 7) is 9.39. The Morgan fingerprint density at radius 1 is 1.21 bits per heavy atom. The first-order valence-corrected chi connectivity index (χ1v) is 6.20. The molecular formula is C13H27N. The van der Waals surface area contributed by atoms with E-state index in [2.05, 4.69) is 27.7 Å². The Hall–Kier alpha value is -0.0400. The van der Waals surface area contributed by atoms with Crippen LogP contribution in [0.4, 0.5) is 0 Å². The van der Waals surface area contributed by atoms with Crippen LogP contribution >= 0.6 is 0 Å². The van der Waals surface area contributed by atoms with Gasteiger partial charge in [0.1, 0.15) is 0 Å². The zero-order valence-corrected chi connectivity index (χ0v) is 10.3. The van der Waals surface area contributed by atoms with Gasteiger partial charge in [0.05, 0.1) is 0 Å². The van der Waals surface area contributed by atoms with E-state index in [1.165, 1.54) is 32.1 Å². The molecule has 0 saturated heterocycles. The summed E-state index contributed by atoms with van der Waals surface area (Å²) < 4.78 is 0. The average Bonchev–Trinajstić information content (AvgIpc) is 2.07. The molecule has 1 aliphatic carbocycles. The van der Waals surface area contributed by atoms with Crippen molar-refractivity contribution in [2.75, 3.05) is 0 Å².